The third-order valence-corrected chi connectivity index (χ3v) is 2.38. The van der Waals surface area contributed by atoms with E-state index in [0.717, 1.165) is 11.4 Å². The predicted molar refractivity (Wildman–Crippen MR) is 75.5 cm³/mol. The minimum Gasteiger partial charge on any atom is -0.333 e. The summed E-state index contributed by atoms with van der Waals surface area (Å²) in [5, 5.41) is 9.78. The van der Waals surface area contributed by atoms with Crippen LogP contribution in [0.5, 0.6) is 0 Å². The van der Waals surface area contributed by atoms with E-state index in [1.165, 1.54) is 0 Å². The van der Waals surface area contributed by atoms with Crippen LogP contribution in [0.2, 0.25) is 0 Å². The summed E-state index contributed by atoms with van der Waals surface area (Å²) in [5.41, 5.74) is 1.45. The van der Waals surface area contributed by atoms with E-state index in [-0.39, 0.29) is 11.6 Å². The lowest BCUT2D eigenvalue weighted by Gasteiger charge is -2.20. The monoisotopic (exact) mass is 258 g/mol. The van der Waals surface area contributed by atoms with Gasteiger partial charge in [-0.2, -0.15) is 5.10 Å². The summed E-state index contributed by atoms with van der Waals surface area (Å²) in [4.78, 5) is 11.7. The van der Waals surface area contributed by atoms with Gasteiger partial charge in [0.1, 0.15) is 0 Å². The smallest absolute Gasteiger partial charge is 0.319 e. The van der Waals surface area contributed by atoms with Crippen molar-refractivity contribution in [1.29, 1.82) is 0 Å². The molecule has 0 saturated carbocycles. The van der Waals surface area contributed by atoms with Crippen molar-refractivity contribution < 1.29 is 4.79 Å². The van der Waals surface area contributed by atoms with Crippen molar-refractivity contribution in [3.63, 3.8) is 0 Å². The minimum absolute atomic E-state index is 0.209. The first-order chi connectivity index (χ1) is 8.94. The maximum Gasteiger partial charge on any atom is 0.319 e. The Hall–Kier alpha value is -2.30. The van der Waals surface area contributed by atoms with Crippen molar-refractivity contribution in [3.8, 4) is 5.69 Å². The lowest BCUT2D eigenvalue weighted by molar-refractivity contribution is 0.244. The second-order valence-corrected chi connectivity index (χ2v) is 5.33. The first-order valence-electron chi connectivity index (χ1n) is 6.13. The number of aromatic nitrogens is 2. The van der Waals surface area contributed by atoms with Crippen LogP contribution in [0.4, 0.5) is 10.5 Å². The second kappa shape index (κ2) is 5.14. The zero-order chi connectivity index (χ0) is 13.9. The number of rotatable bonds is 2. The molecule has 0 aliphatic rings. The molecule has 0 fully saturated rings. The number of nitrogens with zero attached hydrogens (tertiary/aromatic N) is 2. The largest absolute Gasteiger partial charge is 0.333 e. The molecule has 0 radical (unpaired) electrons. The van der Waals surface area contributed by atoms with Crippen LogP contribution < -0.4 is 10.6 Å². The van der Waals surface area contributed by atoms with E-state index in [1.807, 2.05) is 57.3 Å². The quantitative estimate of drug-likeness (QED) is 0.870. The van der Waals surface area contributed by atoms with Gasteiger partial charge in [-0.1, -0.05) is 0 Å². The van der Waals surface area contributed by atoms with E-state index >= 15 is 0 Å². The average Bonchev–Trinajstić information content (AvgIpc) is 2.80. The summed E-state index contributed by atoms with van der Waals surface area (Å²) < 4.78 is 1.76. The molecule has 0 bridgehead atoms. The number of carbonyl (C=O) groups is 1. The Balaban J connectivity index is 2.01. The molecule has 1 aromatic carbocycles. The van der Waals surface area contributed by atoms with Gasteiger partial charge in [-0.15, -0.1) is 0 Å². The van der Waals surface area contributed by atoms with Crippen molar-refractivity contribution in [2.75, 3.05) is 5.32 Å². The topological polar surface area (TPSA) is 59.0 Å². The van der Waals surface area contributed by atoms with Crippen molar-refractivity contribution in [2.24, 2.45) is 0 Å². The Kier molecular flexibility index (Phi) is 3.55. The highest BCUT2D eigenvalue weighted by Crippen LogP contribution is 2.12. The van der Waals surface area contributed by atoms with Gasteiger partial charge in [0.25, 0.3) is 0 Å². The van der Waals surface area contributed by atoms with E-state index < -0.39 is 0 Å². The highest BCUT2D eigenvalue weighted by Gasteiger charge is 2.13. The number of hydrogen-bond acceptors (Lipinski definition) is 2. The van der Waals surface area contributed by atoms with E-state index in [2.05, 4.69) is 15.7 Å². The lowest BCUT2D eigenvalue weighted by atomic mass is 10.1. The van der Waals surface area contributed by atoms with Gasteiger partial charge in [0.15, 0.2) is 0 Å². The van der Waals surface area contributed by atoms with Gasteiger partial charge in [-0.25, -0.2) is 9.48 Å². The number of hydrogen-bond donors (Lipinski definition) is 2. The Morgan fingerprint density at radius 3 is 2.42 bits per heavy atom. The van der Waals surface area contributed by atoms with Gasteiger partial charge in [0, 0.05) is 23.6 Å². The molecule has 2 aromatic rings. The Bertz CT molecular complexity index is 538. The maximum atomic E-state index is 11.7. The maximum absolute atomic E-state index is 11.7. The predicted octanol–water partition coefficient (Wildman–Crippen LogP) is 2.79. The Labute approximate surface area is 112 Å². The molecule has 0 saturated heterocycles. The van der Waals surface area contributed by atoms with Crippen LogP contribution in [0, 0.1) is 0 Å². The molecule has 0 spiro atoms. The molecule has 2 rings (SSSR count). The fraction of sp³-hybridized carbons (Fsp3) is 0.286. The highest BCUT2D eigenvalue weighted by molar-refractivity contribution is 5.89. The van der Waals surface area contributed by atoms with E-state index in [0.29, 0.717) is 0 Å². The van der Waals surface area contributed by atoms with Crippen LogP contribution in [0.1, 0.15) is 20.8 Å². The van der Waals surface area contributed by atoms with Crippen LogP contribution in [0.3, 0.4) is 0 Å². The Morgan fingerprint density at radius 2 is 1.89 bits per heavy atom. The number of benzene rings is 1. The molecule has 0 unspecified atom stereocenters. The van der Waals surface area contributed by atoms with Crippen molar-refractivity contribution >= 4 is 11.7 Å². The molecule has 0 aliphatic heterocycles. The molecular formula is C14H18N4O. The first-order valence-corrected chi connectivity index (χ1v) is 6.13. The summed E-state index contributed by atoms with van der Waals surface area (Å²) in [6.45, 7) is 5.81. The molecule has 2 amide bonds. The van der Waals surface area contributed by atoms with Crippen LogP contribution in [0.15, 0.2) is 42.7 Å². The zero-order valence-corrected chi connectivity index (χ0v) is 11.3. The molecule has 1 aromatic heterocycles. The Morgan fingerprint density at radius 1 is 1.21 bits per heavy atom. The van der Waals surface area contributed by atoms with Crippen molar-refractivity contribution in [3.05, 3.63) is 42.7 Å². The molecule has 5 nitrogen and oxygen atoms in total. The molecule has 19 heavy (non-hydrogen) atoms. The number of amides is 2. The third kappa shape index (κ3) is 3.84. The van der Waals surface area contributed by atoms with Crippen molar-refractivity contribution in [2.45, 2.75) is 26.3 Å². The summed E-state index contributed by atoms with van der Waals surface area (Å²) in [5.74, 6) is 0. The normalized spacial score (nSPS) is 11.1. The fourth-order valence-electron chi connectivity index (χ4n) is 1.62. The number of urea groups is 1. The van der Waals surface area contributed by atoms with E-state index in [9.17, 15) is 4.79 Å². The van der Waals surface area contributed by atoms with Crippen molar-refractivity contribution in [1.82, 2.24) is 15.1 Å². The highest BCUT2D eigenvalue weighted by atomic mass is 16.2. The second-order valence-electron chi connectivity index (χ2n) is 5.33. The van der Waals surface area contributed by atoms with Crippen LogP contribution in [0.25, 0.3) is 5.69 Å². The van der Waals surface area contributed by atoms with Gasteiger partial charge in [0.2, 0.25) is 0 Å². The molecule has 1 heterocycles. The fourth-order valence-corrected chi connectivity index (χ4v) is 1.62. The third-order valence-electron chi connectivity index (χ3n) is 2.38. The summed E-state index contributed by atoms with van der Waals surface area (Å²) in [6, 6.07) is 9.15. The average molecular weight is 258 g/mol. The minimum atomic E-state index is -0.251. The standard InChI is InChI=1S/C14H18N4O/c1-14(2,3)17-13(19)16-11-5-7-12(8-6-11)18-10-4-9-15-18/h4-10H,1-3H3,(H2,16,17,19). The van der Waals surface area contributed by atoms with Crippen LogP contribution in [-0.2, 0) is 0 Å². The SMILES string of the molecule is CC(C)(C)NC(=O)Nc1ccc(-n2cccn2)cc1. The molecule has 2 N–H and O–H groups in total. The van der Waals surface area contributed by atoms with Gasteiger partial charge < -0.3 is 10.6 Å². The van der Waals surface area contributed by atoms with Gasteiger partial charge >= 0.3 is 6.03 Å². The van der Waals surface area contributed by atoms with Gasteiger partial charge in [-0.05, 0) is 51.1 Å². The molecule has 0 atom stereocenters. The summed E-state index contributed by atoms with van der Waals surface area (Å²) >= 11 is 0. The zero-order valence-electron chi connectivity index (χ0n) is 11.3. The van der Waals surface area contributed by atoms with E-state index in [1.54, 1.807) is 10.9 Å². The number of carbonyl (C=O) groups excluding carboxylic acids is 1. The molecular weight excluding hydrogens is 240 g/mol. The van der Waals surface area contributed by atoms with Crippen LogP contribution in [-0.4, -0.2) is 21.4 Å². The van der Waals surface area contributed by atoms with E-state index in [4.69, 9.17) is 0 Å². The lowest BCUT2D eigenvalue weighted by Crippen LogP contribution is -2.43. The number of anilines is 1. The molecule has 100 valence electrons. The summed E-state index contributed by atoms with van der Waals surface area (Å²) in [7, 11) is 0. The first kappa shape index (κ1) is 13.1. The molecule has 0 aliphatic carbocycles. The van der Waals surface area contributed by atoms with Crippen LogP contribution >= 0.6 is 0 Å². The van der Waals surface area contributed by atoms with Gasteiger partial charge in [0.05, 0.1) is 5.69 Å². The van der Waals surface area contributed by atoms with Gasteiger partial charge in [-0.3, -0.25) is 0 Å². The summed E-state index contributed by atoms with van der Waals surface area (Å²) in [6.07, 6.45) is 3.59. The number of nitrogens with one attached hydrogen (secondary N) is 2. The molecule has 5 heteroatoms.